The fraction of sp³-hybridized carbons (Fsp3) is 0.667. The summed E-state index contributed by atoms with van der Waals surface area (Å²) in [7, 11) is 0. The molecule has 0 spiro atoms. The van der Waals surface area contributed by atoms with Crippen LogP contribution in [0.4, 0.5) is 0 Å². The van der Waals surface area contributed by atoms with Crippen LogP contribution in [0, 0.1) is 0 Å². The quantitative estimate of drug-likeness (QED) is 0.303. The average molecular weight is 335 g/mol. The minimum absolute atomic E-state index is 0.545. The van der Waals surface area contributed by atoms with Gasteiger partial charge in [-0.1, -0.05) is 0 Å². The second kappa shape index (κ2) is 6.78. The molecule has 130 valence electrons. The highest BCUT2D eigenvalue weighted by Crippen LogP contribution is 2.27. The number of hydrogen-bond acceptors (Lipinski definition) is 9. The van der Waals surface area contributed by atoms with Gasteiger partial charge in [0.25, 0.3) is 0 Å². The third-order valence-corrected chi connectivity index (χ3v) is 3.29. The summed E-state index contributed by atoms with van der Waals surface area (Å²) in [6.07, 6.45) is -8.73. The Morgan fingerprint density at radius 1 is 1.22 bits per heavy atom. The molecule has 0 aromatic rings. The molecule has 2 aliphatic heterocycles. The minimum Gasteiger partial charge on any atom is -0.475 e. The maximum atomic E-state index is 11.1. The van der Waals surface area contributed by atoms with Crippen LogP contribution in [-0.2, 0) is 23.8 Å². The van der Waals surface area contributed by atoms with Gasteiger partial charge in [-0.15, -0.1) is 0 Å². The number of hydrogen-bond donors (Lipinski definition) is 6. The highest BCUT2D eigenvalue weighted by molar-refractivity contribution is 5.84. The summed E-state index contributed by atoms with van der Waals surface area (Å²) in [5.41, 5.74) is 0. The molecular formula is C12H17NO10. The molecule has 11 heteroatoms. The zero-order valence-electron chi connectivity index (χ0n) is 11.9. The van der Waals surface area contributed by atoms with Crippen LogP contribution in [0.25, 0.3) is 0 Å². The first-order chi connectivity index (χ1) is 10.7. The number of rotatable bonds is 4. The van der Waals surface area contributed by atoms with Gasteiger partial charge in [0.2, 0.25) is 18.0 Å². The highest BCUT2D eigenvalue weighted by atomic mass is 16.7. The normalized spacial score (nSPS) is 40.2. The lowest BCUT2D eigenvalue weighted by atomic mass is 10.1. The Kier molecular flexibility index (Phi) is 5.19. The van der Waals surface area contributed by atoms with Crippen LogP contribution in [0.15, 0.2) is 11.8 Å². The number of aliphatic hydroxyl groups is 4. The van der Waals surface area contributed by atoms with Crippen LogP contribution in [0.1, 0.15) is 6.92 Å². The molecule has 2 heterocycles. The zero-order chi connectivity index (χ0) is 17.3. The number of aliphatic carboxylic acids is 1. The third-order valence-electron chi connectivity index (χ3n) is 3.29. The Labute approximate surface area is 129 Å². The van der Waals surface area contributed by atoms with Crippen molar-refractivity contribution in [3.8, 4) is 0 Å². The van der Waals surface area contributed by atoms with Gasteiger partial charge in [-0.2, -0.15) is 0 Å². The highest BCUT2D eigenvalue weighted by Gasteiger charge is 2.48. The number of amides is 1. The number of carboxylic acids is 1. The van der Waals surface area contributed by atoms with Crippen molar-refractivity contribution in [2.24, 2.45) is 0 Å². The largest absolute Gasteiger partial charge is 0.475 e. The fourth-order valence-electron chi connectivity index (χ4n) is 2.22. The molecule has 23 heavy (non-hydrogen) atoms. The summed E-state index contributed by atoms with van der Waals surface area (Å²) in [6, 6.07) is -1.19. The molecule has 2 aliphatic rings. The van der Waals surface area contributed by atoms with Crippen LogP contribution in [0.5, 0.6) is 0 Å². The van der Waals surface area contributed by atoms with Gasteiger partial charge in [0, 0.05) is 6.92 Å². The molecule has 7 unspecified atom stereocenters. The Hall–Kier alpha value is -1.76. The Morgan fingerprint density at radius 3 is 2.43 bits per heavy atom. The minimum atomic E-state index is -1.67. The number of nitrogens with one attached hydrogen (secondary N) is 1. The molecule has 0 bridgehead atoms. The Morgan fingerprint density at radius 2 is 1.87 bits per heavy atom. The smallest absolute Gasteiger partial charge is 0.371 e. The predicted molar refractivity (Wildman–Crippen MR) is 68.2 cm³/mol. The second-order valence-electron chi connectivity index (χ2n) is 5.05. The maximum Gasteiger partial charge on any atom is 0.371 e. The van der Waals surface area contributed by atoms with E-state index in [2.05, 4.69) is 5.32 Å². The second-order valence-corrected chi connectivity index (χ2v) is 5.05. The van der Waals surface area contributed by atoms with Gasteiger partial charge >= 0.3 is 5.97 Å². The van der Waals surface area contributed by atoms with E-state index in [1.807, 2.05) is 0 Å². The fourth-order valence-corrected chi connectivity index (χ4v) is 2.22. The molecule has 0 aromatic heterocycles. The summed E-state index contributed by atoms with van der Waals surface area (Å²) in [6.45, 7) is 1.16. The summed E-state index contributed by atoms with van der Waals surface area (Å²) in [5, 5.41) is 49.9. The molecule has 1 amide bonds. The van der Waals surface area contributed by atoms with E-state index < -0.39 is 60.9 Å². The maximum absolute atomic E-state index is 11.1. The van der Waals surface area contributed by atoms with Crippen molar-refractivity contribution >= 4 is 11.9 Å². The van der Waals surface area contributed by atoms with E-state index in [0.717, 1.165) is 13.0 Å². The number of aliphatic hydroxyl groups excluding tert-OH is 4. The van der Waals surface area contributed by atoms with E-state index in [-0.39, 0.29) is 0 Å². The first kappa shape index (κ1) is 17.6. The molecular weight excluding hydrogens is 318 g/mol. The molecule has 0 aromatic carbocycles. The molecule has 0 aliphatic carbocycles. The zero-order valence-corrected chi connectivity index (χ0v) is 11.9. The topological polar surface area (TPSA) is 175 Å². The number of carbonyl (C=O) groups excluding carboxylic acids is 1. The number of carboxylic acid groups (broad SMARTS) is 1. The van der Waals surface area contributed by atoms with Gasteiger partial charge in [-0.05, 0) is 6.08 Å². The summed E-state index contributed by atoms with van der Waals surface area (Å²) in [4.78, 5) is 22.0. The monoisotopic (exact) mass is 335 g/mol. The van der Waals surface area contributed by atoms with Gasteiger partial charge in [0.05, 0.1) is 0 Å². The molecule has 11 nitrogen and oxygen atoms in total. The van der Waals surface area contributed by atoms with Gasteiger partial charge in [0.15, 0.2) is 12.6 Å². The number of carbonyl (C=O) groups is 2. The SMILES string of the molecule is CC(=O)NC1C(O)OC(O)C1OC1OC(C(=O)O)=CC(O)C1O. The van der Waals surface area contributed by atoms with Gasteiger partial charge in [-0.25, -0.2) is 4.79 Å². The van der Waals surface area contributed by atoms with Crippen molar-refractivity contribution in [1.82, 2.24) is 5.32 Å². The van der Waals surface area contributed by atoms with Crippen molar-refractivity contribution in [3.63, 3.8) is 0 Å². The van der Waals surface area contributed by atoms with E-state index in [9.17, 15) is 30.0 Å². The predicted octanol–water partition coefficient (Wildman–Crippen LogP) is -3.41. The summed E-state index contributed by atoms with van der Waals surface area (Å²) < 4.78 is 14.8. The van der Waals surface area contributed by atoms with Crippen LogP contribution >= 0.6 is 0 Å². The van der Waals surface area contributed by atoms with Crippen molar-refractivity contribution in [3.05, 3.63) is 11.8 Å². The van der Waals surface area contributed by atoms with Gasteiger partial charge in [-0.3, -0.25) is 4.79 Å². The van der Waals surface area contributed by atoms with Crippen molar-refractivity contribution < 1.29 is 49.3 Å². The molecule has 1 fully saturated rings. The molecule has 2 rings (SSSR count). The van der Waals surface area contributed by atoms with Crippen LogP contribution in [0.2, 0.25) is 0 Å². The van der Waals surface area contributed by atoms with E-state index in [4.69, 9.17) is 19.3 Å². The van der Waals surface area contributed by atoms with Crippen LogP contribution in [0.3, 0.4) is 0 Å². The van der Waals surface area contributed by atoms with E-state index in [1.54, 1.807) is 0 Å². The van der Waals surface area contributed by atoms with Gasteiger partial charge < -0.3 is 45.1 Å². The Balaban J connectivity index is 2.14. The Bertz CT molecular complexity index is 508. The molecule has 6 N–H and O–H groups in total. The summed E-state index contributed by atoms with van der Waals surface area (Å²) in [5.74, 6) is -2.69. The lowest BCUT2D eigenvalue weighted by molar-refractivity contribution is -0.253. The van der Waals surface area contributed by atoms with Crippen LogP contribution < -0.4 is 5.32 Å². The van der Waals surface area contributed by atoms with Crippen molar-refractivity contribution in [1.29, 1.82) is 0 Å². The molecule has 0 saturated carbocycles. The molecule has 1 saturated heterocycles. The van der Waals surface area contributed by atoms with E-state index >= 15 is 0 Å². The van der Waals surface area contributed by atoms with E-state index in [0.29, 0.717) is 0 Å². The van der Waals surface area contributed by atoms with Crippen molar-refractivity contribution in [2.75, 3.05) is 0 Å². The lowest BCUT2D eigenvalue weighted by Gasteiger charge is -2.33. The standard InChI is InChI=1S/C12H17NO10/c1-3(14)13-6-8(11(20)23-10(6)19)22-12-7(16)4(15)2-5(21-12)9(17)18/h2,4,6-8,10-12,15-16,19-20H,1H3,(H,13,14)(H,17,18). The van der Waals surface area contributed by atoms with Crippen LogP contribution in [-0.4, -0.2) is 80.6 Å². The average Bonchev–Trinajstić information content (AvgIpc) is 2.69. The van der Waals surface area contributed by atoms with Gasteiger partial charge in [0.1, 0.15) is 24.4 Å². The molecule has 0 radical (unpaired) electrons. The molecule has 7 atom stereocenters. The van der Waals surface area contributed by atoms with E-state index in [1.165, 1.54) is 0 Å². The first-order valence-electron chi connectivity index (χ1n) is 6.62. The summed E-state index contributed by atoms with van der Waals surface area (Å²) >= 11 is 0. The van der Waals surface area contributed by atoms with Crippen molar-refractivity contribution in [2.45, 2.75) is 50.1 Å². The first-order valence-corrected chi connectivity index (χ1v) is 6.62. The lowest BCUT2D eigenvalue weighted by Crippen LogP contribution is -2.53. The number of ether oxygens (including phenoxy) is 3. The third kappa shape index (κ3) is 3.77.